The van der Waals surface area contributed by atoms with E-state index in [4.69, 9.17) is 14.5 Å². The molecule has 0 saturated carbocycles. The van der Waals surface area contributed by atoms with Crippen LogP contribution in [0.15, 0.2) is 59.8 Å². The number of hydrogen-bond acceptors (Lipinski definition) is 5. The molecule has 1 aliphatic rings. The molecule has 1 aromatic heterocycles. The van der Waals surface area contributed by atoms with E-state index >= 15 is 0 Å². The summed E-state index contributed by atoms with van der Waals surface area (Å²) < 4.78 is 13.7. The number of allylic oxidation sites excluding steroid dienone is 1. The minimum Gasteiger partial charge on any atom is -0.494 e. The molecule has 0 spiro atoms. The van der Waals surface area contributed by atoms with Crippen molar-refractivity contribution in [1.29, 1.82) is 0 Å². The summed E-state index contributed by atoms with van der Waals surface area (Å²) in [7, 11) is 0. The molecule has 1 aliphatic heterocycles. The number of para-hydroxylation sites is 2. The third kappa shape index (κ3) is 4.75. The van der Waals surface area contributed by atoms with E-state index in [0.29, 0.717) is 24.7 Å². The summed E-state index contributed by atoms with van der Waals surface area (Å²) in [4.78, 5) is 18.1. The monoisotopic (exact) mass is 447 g/mol. The average molecular weight is 448 g/mol. The molecule has 0 fully saturated rings. The number of aromatic nitrogens is 2. The van der Waals surface area contributed by atoms with Crippen LogP contribution in [0, 0.1) is 5.92 Å². The van der Waals surface area contributed by atoms with Gasteiger partial charge in [0.1, 0.15) is 5.75 Å². The summed E-state index contributed by atoms with van der Waals surface area (Å²) in [6.45, 7) is 9.30. The van der Waals surface area contributed by atoms with Gasteiger partial charge in [-0.25, -0.2) is 9.78 Å². The normalized spacial score (nSPS) is 15.5. The number of carbonyl (C=O) groups is 1. The van der Waals surface area contributed by atoms with Gasteiger partial charge in [0.2, 0.25) is 5.95 Å². The number of rotatable bonds is 9. The van der Waals surface area contributed by atoms with E-state index in [2.05, 4.69) is 30.7 Å². The maximum atomic E-state index is 13.3. The standard InChI is InChI=1S/C27H33N3O3/c1-5-10-22-24(26(31)32-6-2)25(19-11-9-12-20(17-19)33-16-15-18(3)4)30-23-14-8-7-13-21(23)28-27(30)29-22/h7-9,11-14,17-18,25H,5-6,10,15-16H2,1-4H3,(H,28,29)/t25-/m0/s1. The summed E-state index contributed by atoms with van der Waals surface area (Å²) in [5.41, 5.74) is 4.33. The zero-order chi connectivity index (χ0) is 23.4. The van der Waals surface area contributed by atoms with Crippen LogP contribution in [0.2, 0.25) is 0 Å². The first-order valence-corrected chi connectivity index (χ1v) is 11.9. The van der Waals surface area contributed by atoms with Crippen molar-refractivity contribution in [2.75, 3.05) is 18.5 Å². The summed E-state index contributed by atoms with van der Waals surface area (Å²) in [5, 5.41) is 3.44. The molecular weight excluding hydrogens is 414 g/mol. The SMILES string of the molecule is CCCC1=C(C(=O)OCC)[C@H](c2cccc(OCCC(C)C)c2)n2c(nc3ccccc32)N1. The zero-order valence-corrected chi connectivity index (χ0v) is 19.9. The quantitative estimate of drug-likeness (QED) is 0.402. The van der Waals surface area contributed by atoms with Crippen molar-refractivity contribution in [2.24, 2.45) is 5.92 Å². The fraction of sp³-hybridized carbons (Fsp3) is 0.407. The van der Waals surface area contributed by atoms with Crippen molar-refractivity contribution in [3.05, 3.63) is 65.4 Å². The van der Waals surface area contributed by atoms with Crippen molar-refractivity contribution < 1.29 is 14.3 Å². The van der Waals surface area contributed by atoms with Gasteiger partial charge < -0.3 is 14.8 Å². The number of esters is 1. The first-order chi connectivity index (χ1) is 16.0. The van der Waals surface area contributed by atoms with E-state index in [0.717, 1.165) is 53.3 Å². The van der Waals surface area contributed by atoms with Gasteiger partial charge in [0.25, 0.3) is 0 Å². The Morgan fingerprint density at radius 2 is 1.97 bits per heavy atom. The highest BCUT2D eigenvalue weighted by Gasteiger charge is 2.36. The lowest BCUT2D eigenvalue weighted by Crippen LogP contribution is -2.29. The van der Waals surface area contributed by atoms with Gasteiger partial charge in [-0.2, -0.15) is 0 Å². The second-order valence-corrected chi connectivity index (χ2v) is 8.79. The second-order valence-electron chi connectivity index (χ2n) is 8.79. The molecule has 3 aromatic rings. The molecule has 2 heterocycles. The molecule has 2 aromatic carbocycles. The highest BCUT2D eigenvalue weighted by Crippen LogP contribution is 2.41. The lowest BCUT2D eigenvalue weighted by atomic mass is 9.93. The Bertz CT molecular complexity index is 1160. The Hall–Kier alpha value is -3.28. The van der Waals surface area contributed by atoms with Crippen LogP contribution in [0.1, 0.15) is 58.6 Å². The van der Waals surface area contributed by atoms with E-state index in [1.807, 2.05) is 55.5 Å². The molecule has 0 unspecified atom stereocenters. The number of ether oxygens (including phenoxy) is 2. The van der Waals surface area contributed by atoms with Crippen molar-refractivity contribution >= 4 is 23.0 Å². The topological polar surface area (TPSA) is 65.4 Å². The number of imidazole rings is 1. The van der Waals surface area contributed by atoms with E-state index in [-0.39, 0.29) is 12.0 Å². The van der Waals surface area contributed by atoms with E-state index in [1.54, 1.807) is 0 Å². The molecule has 174 valence electrons. The fourth-order valence-corrected chi connectivity index (χ4v) is 4.28. The fourth-order valence-electron chi connectivity index (χ4n) is 4.28. The molecule has 1 N–H and O–H groups in total. The van der Waals surface area contributed by atoms with Crippen LogP contribution >= 0.6 is 0 Å². The number of benzene rings is 2. The maximum Gasteiger partial charge on any atom is 0.338 e. The van der Waals surface area contributed by atoms with Crippen LogP contribution in [0.5, 0.6) is 5.75 Å². The van der Waals surface area contributed by atoms with Crippen LogP contribution in [0.4, 0.5) is 5.95 Å². The highest BCUT2D eigenvalue weighted by molar-refractivity contribution is 5.94. The third-order valence-corrected chi connectivity index (χ3v) is 5.85. The van der Waals surface area contributed by atoms with Gasteiger partial charge in [-0.15, -0.1) is 0 Å². The Balaban J connectivity index is 1.86. The van der Waals surface area contributed by atoms with E-state index < -0.39 is 0 Å². The Labute approximate surface area is 195 Å². The minimum atomic E-state index is -0.358. The predicted octanol–water partition coefficient (Wildman–Crippen LogP) is 6.09. The van der Waals surface area contributed by atoms with Crippen molar-refractivity contribution in [3.8, 4) is 5.75 Å². The first-order valence-electron chi connectivity index (χ1n) is 11.9. The first kappa shape index (κ1) is 22.9. The predicted molar refractivity (Wildman–Crippen MR) is 131 cm³/mol. The number of anilines is 1. The van der Waals surface area contributed by atoms with Gasteiger partial charge in [0, 0.05) is 5.70 Å². The highest BCUT2D eigenvalue weighted by atomic mass is 16.5. The average Bonchev–Trinajstić information content (AvgIpc) is 3.16. The van der Waals surface area contributed by atoms with Gasteiger partial charge in [-0.05, 0) is 55.5 Å². The van der Waals surface area contributed by atoms with Crippen molar-refractivity contribution in [1.82, 2.24) is 9.55 Å². The minimum absolute atomic E-state index is 0.298. The molecule has 0 saturated heterocycles. The van der Waals surface area contributed by atoms with E-state index in [1.165, 1.54) is 0 Å². The van der Waals surface area contributed by atoms with Crippen molar-refractivity contribution in [3.63, 3.8) is 0 Å². The molecule has 0 aliphatic carbocycles. The van der Waals surface area contributed by atoms with Crippen LogP contribution in [0.25, 0.3) is 11.0 Å². The molecular formula is C27H33N3O3. The zero-order valence-electron chi connectivity index (χ0n) is 19.9. The summed E-state index contributed by atoms with van der Waals surface area (Å²) in [6.07, 6.45) is 2.62. The molecule has 6 nitrogen and oxygen atoms in total. The summed E-state index contributed by atoms with van der Waals surface area (Å²) >= 11 is 0. The van der Waals surface area contributed by atoms with Gasteiger partial charge in [0.15, 0.2) is 0 Å². The lowest BCUT2D eigenvalue weighted by molar-refractivity contribution is -0.139. The molecule has 33 heavy (non-hydrogen) atoms. The van der Waals surface area contributed by atoms with Gasteiger partial charge in [-0.1, -0.05) is 51.5 Å². The number of carbonyl (C=O) groups excluding carboxylic acids is 1. The summed E-state index contributed by atoms with van der Waals surface area (Å²) in [5.74, 6) is 1.82. The Morgan fingerprint density at radius 1 is 1.15 bits per heavy atom. The van der Waals surface area contributed by atoms with E-state index in [9.17, 15) is 4.79 Å². The van der Waals surface area contributed by atoms with Crippen molar-refractivity contribution in [2.45, 2.75) is 53.0 Å². The van der Waals surface area contributed by atoms with Gasteiger partial charge >= 0.3 is 5.97 Å². The third-order valence-electron chi connectivity index (χ3n) is 5.85. The molecule has 0 radical (unpaired) electrons. The number of hydrogen-bond donors (Lipinski definition) is 1. The Kier molecular flexibility index (Phi) is 7.02. The molecule has 6 heteroatoms. The number of fused-ring (bicyclic) bond motifs is 3. The molecule has 4 rings (SSSR count). The largest absolute Gasteiger partial charge is 0.494 e. The second kappa shape index (κ2) is 10.1. The van der Waals surface area contributed by atoms with Gasteiger partial charge in [0.05, 0.1) is 35.9 Å². The van der Waals surface area contributed by atoms with Crippen LogP contribution < -0.4 is 10.1 Å². The number of nitrogens with zero attached hydrogens (tertiary/aromatic N) is 2. The van der Waals surface area contributed by atoms with Crippen LogP contribution in [0.3, 0.4) is 0 Å². The number of nitrogens with one attached hydrogen (secondary N) is 1. The lowest BCUT2D eigenvalue weighted by Gasteiger charge is -2.31. The smallest absolute Gasteiger partial charge is 0.338 e. The Morgan fingerprint density at radius 3 is 2.73 bits per heavy atom. The van der Waals surface area contributed by atoms with Crippen LogP contribution in [-0.4, -0.2) is 28.7 Å². The van der Waals surface area contributed by atoms with Crippen LogP contribution in [-0.2, 0) is 9.53 Å². The summed E-state index contributed by atoms with van der Waals surface area (Å²) in [6, 6.07) is 15.7. The van der Waals surface area contributed by atoms with Gasteiger partial charge in [-0.3, -0.25) is 4.57 Å². The molecule has 0 bridgehead atoms. The maximum absolute atomic E-state index is 13.3. The molecule has 0 amide bonds. The molecule has 1 atom stereocenters.